The van der Waals surface area contributed by atoms with E-state index in [0.717, 1.165) is 28.1 Å². The molecule has 4 N–H and O–H groups in total. The minimum Gasteiger partial charge on any atom is -0.395 e. The van der Waals surface area contributed by atoms with Crippen LogP contribution in [0, 0.1) is 0 Å². The van der Waals surface area contributed by atoms with Crippen molar-refractivity contribution in [1.82, 2.24) is 0 Å². The molecule has 0 atom stereocenters. The molecule has 0 saturated heterocycles. The molecule has 0 aliphatic heterocycles. The molecule has 2 rings (SSSR count). The van der Waals surface area contributed by atoms with E-state index in [1.54, 1.807) is 0 Å². The molecule has 0 aliphatic rings. The van der Waals surface area contributed by atoms with Crippen molar-refractivity contribution in [3.8, 4) is 0 Å². The highest BCUT2D eigenvalue weighted by Gasteiger charge is 2.03. The van der Waals surface area contributed by atoms with Crippen molar-refractivity contribution in [2.45, 2.75) is 0 Å². The van der Waals surface area contributed by atoms with Crippen molar-refractivity contribution in [2.75, 3.05) is 36.9 Å². The van der Waals surface area contributed by atoms with Gasteiger partial charge in [0.05, 0.1) is 13.2 Å². The van der Waals surface area contributed by atoms with Gasteiger partial charge in [-0.25, -0.2) is 0 Å². The lowest BCUT2D eigenvalue weighted by atomic mass is 9.99. The van der Waals surface area contributed by atoms with E-state index in [2.05, 4.69) is 17.2 Å². The van der Waals surface area contributed by atoms with Crippen LogP contribution in [-0.4, -0.2) is 36.5 Å². The third kappa shape index (κ3) is 4.35. The fraction of sp³-hybridized carbons (Fsp3) is 0.222. The monoisotopic (exact) mass is 298 g/mol. The molecule has 0 saturated carbocycles. The Hall–Kier alpha value is -2.30. The van der Waals surface area contributed by atoms with Gasteiger partial charge in [-0.05, 0) is 41.0 Å². The lowest BCUT2D eigenvalue weighted by Crippen LogP contribution is -2.05. The molecule has 0 amide bonds. The van der Waals surface area contributed by atoms with Crippen LogP contribution in [0.5, 0.6) is 0 Å². The maximum Gasteiger partial charge on any atom is 0.0604 e. The van der Waals surface area contributed by atoms with Crippen molar-refractivity contribution in [3.63, 3.8) is 0 Å². The minimum atomic E-state index is 0.116. The molecule has 2 aromatic rings. The normalized spacial score (nSPS) is 10.3. The molecule has 22 heavy (non-hydrogen) atoms. The third-order valence-electron chi connectivity index (χ3n) is 3.35. The highest BCUT2D eigenvalue weighted by atomic mass is 16.3. The number of anilines is 2. The second kappa shape index (κ2) is 8.22. The summed E-state index contributed by atoms with van der Waals surface area (Å²) >= 11 is 0. The predicted octanol–water partition coefficient (Wildman–Crippen LogP) is 2.56. The first-order valence-electron chi connectivity index (χ1n) is 7.34. The summed E-state index contributed by atoms with van der Waals surface area (Å²) in [5, 5.41) is 23.8. The molecule has 0 spiro atoms. The van der Waals surface area contributed by atoms with Gasteiger partial charge in [0.25, 0.3) is 0 Å². The molecule has 0 unspecified atom stereocenters. The molecule has 4 nitrogen and oxygen atoms in total. The molecule has 0 aromatic heterocycles. The molecule has 2 aromatic carbocycles. The number of nitrogens with one attached hydrogen (secondary N) is 2. The fourth-order valence-corrected chi connectivity index (χ4v) is 2.15. The summed E-state index contributed by atoms with van der Waals surface area (Å²) in [5.41, 5.74) is 5.04. The molecule has 0 fully saturated rings. The Balaban J connectivity index is 2.04. The zero-order valence-corrected chi connectivity index (χ0v) is 12.5. The Morgan fingerprint density at radius 2 is 1.09 bits per heavy atom. The molecule has 4 heteroatoms. The van der Waals surface area contributed by atoms with E-state index < -0.39 is 0 Å². The number of hydrogen-bond acceptors (Lipinski definition) is 4. The van der Waals surface area contributed by atoms with Gasteiger partial charge in [-0.1, -0.05) is 30.8 Å². The topological polar surface area (TPSA) is 64.5 Å². The number of rotatable bonds is 8. The van der Waals surface area contributed by atoms with E-state index in [1.165, 1.54) is 0 Å². The van der Waals surface area contributed by atoms with Crippen molar-refractivity contribution in [3.05, 3.63) is 66.2 Å². The van der Waals surface area contributed by atoms with Gasteiger partial charge in [0.2, 0.25) is 0 Å². The summed E-state index contributed by atoms with van der Waals surface area (Å²) in [4.78, 5) is 0. The van der Waals surface area contributed by atoms with Crippen LogP contribution >= 0.6 is 0 Å². The van der Waals surface area contributed by atoms with Crippen LogP contribution in [-0.2, 0) is 0 Å². The average molecular weight is 298 g/mol. The molecular weight excluding hydrogens is 276 g/mol. The van der Waals surface area contributed by atoms with Gasteiger partial charge in [0.1, 0.15) is 0 Å². The lowest BCUT2D eigenvalue weighted by molar-refractivity contribution is 0.311. The van der Waals surface area contributed by atoms with Crippen molar-refractivity contribution in [2.24, 2.45) is 0 Å². The van der Waals surface area contributed by atoms with Gasteiger partial charge in [0.15, 0.2) is 0 Å². The average Bonchev–Trinajstić information content (AvgIpc) is 2.58. The second-order valence-electron chi connectivity index (χ2n) is 4.93. The molecule has 0 radical (unpaired) electrons. The Morgan fingerprint density at radius 1 is 0.727 bits per heavy atom. The van der Waals surface area contributed by atoms with Crippen LogP contribution in [0.4, 0.5) is 11.4 Å². The van der Waals surface area contributed by atoms with Crippen LogP contribution in [0.3, 0.4) is 0 Å². The standard InChI is InChI=1S/C18H22N2O2/c1-14(15-2-6-17(7-3-15)19-10-12-21)16-4-8-18(9-5-16)20-11-13-22/h2-9,19-22H,1,10-13H2. The van der Waals surface area contributed by atoms with Crippen LogP contribution in [0.2, 0.25) is 0 Å². The van der Waals surface area contributed by atoms with E-state index >= 15 is 0 Å². The van der Waals surface area contributed by atoms with Crippen LogP contribution in [0.25, 0.3) is 5.57 Å². The molecule has 116 valence electrons. The first kappa shape index (κ1) is 16.1. The Bertz CT molecular complexity index is 538. The van der Waals surface area contributed by atoms with Crippen molar-refractivity contribution < 1.29 is 10.2 Å². The van der Waals surface area contributed by atoms with Crippen LogP contribution in [0.15, 0.2) is 55.1 Å². The largest absolute Gasteiger partial charge is 0.395 e. The predicted molar refractivity (Wildman–Crippen MR) is 92.2 cm³/mol. The van der Waals surface area contributed by atoms with Crippen LogP contribution in [0.1, 0.15) is 11.1 Å². The fourth-order valence-electron chi connectivity index (χ4n) is 2.15. The number of aliphatic hydroxyl groups is 2. The highest BCUT2D eigenvalue weighted by Crippen LogP contribution is 2.24. The van der Waals surface area contributed by atoms with Gasteiger partial charge in [-0.15, -0.1) is 0 Å². The molecule has 0 heterocycles. The molecular formula is C18H22N2O2. The maximum absolute atomic E-state index is 8.80. The van der Waals surface area contributed by atoms with E-state index in [9.17, 15) is 0 Å². The summed E-state index contributed by atoms with van der Waals surface area (Å²) in [6.07, 6.45) is 0. The van der Waals surface area contributed by atoms with Gasteiger partial charge in [0, 0.05) is 24.5 Å². The summed E-state index contributed by atoms with van der Waals surface area (Å²) in [6.45, 7) is 5.48. The van der Waals surface area contributed by atoms with E-state index in [4.69, 9.17) is 10.2 Å². The maximum atomic E-state index is 8.80. The number of benzene rings is 2. The van der Waals surface area contributed by atoms with E-state index in [1.807, 2.05) is 48.5 Å². The van der Waals surface area contributed by atoms with Gasteiger partial charge in [-0.2, -0.15) is 0 Å². The summed E-state index contributed by atoms with van der Waals surface area (Å²) in [5.74, 6) is 0. The Morgan fingerprint density at radius 3 is 1.41 bits per heavy atom. The highest BCUT2D eigenvalue weighted by molar-refractivity contribution is 5.79. The smallest absolute Gasteiger partial charge is 0.0604 e. The van der Waals surface area contributed by atoms with Crippen molar-refractivity contribution in [1.29, 1.82) is 0 Å². The van der Waals surface area contributed by atoms with Gasteiger partial charge in [-0.3, -0.25) is 0 Å². The first-order valence-corrected chi connectivity index (χ1v) is 7.34. The quantitative estimate of drug-likeness (QED) is 0.605. The Labute approximate surface area is 131 Å². The number of hydrogen-bond donors (Lipinski definition) is 4. The van der Waals surface area contributed by atoms with E-state index in [-0.39, 0.29) is 13.2 Å². The van der Waals surface area contributed by atoms with Gasteiger partial charge >= 0.3 is 0 Å². The zero-order valence-electron chi connectivity index (χ0n) is 12.5. The SMILES string of the molecule is C=C(c1ccc(NCCO)cc1)c1ccc(NCCO)cc1. The van der Waals surface area contributed by atoms with Gasteiger partial charge < -0.3 is 20.8 Å². The zero-order chi connectivity index (χ0) is 15.8. The van der Waals surface area contributed by atoms with Crippen molar-refractivity contribution >= 4 is 16.9 Å². The third-order valence-corrected chi connectivity index (χ3v) is 3.35. The minimum absolute atomic E-state index is 0.116. The summed E-state index contributed by atoms with van der Waals surface area (Å²) in [7, 11) is 0. The first-order chi connectivity index (χ1) is 10.7. The Kier molecular flexibility index (Phi) is 6.01. The molecule has 0 aliphatic carbocycles. The number of aliphatic hydroxyl groups excluding tert-OH is 2. The molecule has 0 bridgehead atoms. The van der Waals surface area contributed by atoms with Crippen LogP contribution < -0.4 is 10.6 Å². The van der Waals surface area contributed by atoms with E-state index in [0.29, 0.717) is 13.1 Å². The summed E-state index contributed by atoms with van der Waals surface area (Å²) < 4.78 is 0. The summed E-state index contributed by atoms with van der Waals surface area (Å²) in [6, 6.07) is 16.0. The second-order valence-corrected chi connectivity index (χ2v) is 4.93. The lowest BCUT2D eigenvalue weighted by Gasteiger charge is -2.10.